The van der Waals surface area contributed by atoms with Gasteiger partial charge in [0.25, 0.3) is 5.91 Å². The summed E-state index contributed by atoms with van der Waals surface area (Å²) in [5.41, 5.74) is 0.584. The molecule has 1 aromatic rings. The zero-order chi connectivity index (χ0) is 14.8. The van der Waals surface area contributed by atoms with Crippen molar-refractivity contribution >= 4 is 5.91 Å². The fraction of sp³-hybridized carbons (Fsp3) is 0.750. The monoisotopic (exact) mass is 292 g/mol. The van der Waals surface area contributed by atoms with Gasteiger partial charge in [-0.15, -0.1) is 0 Å². The quantitative estimate of drug-likeness (QED) is 0.837. The molecule has 2 atom stereocenters. The van der Waals surface area contributed by atoms with Crippen molar-refractivity contribution in [3.63, 3.8) is 0 Å². The lowest BCUT2D eigenvalue weighted by Gasteiger charge is -2.38. The van der Waals surface area contributed by atoms with Gasteiger partial charge in [-0.25, -0.2) is 0 Å². The number of carbonyl (C=O) groups excluding carboxylic acids is 1. The predicted molar refractivity (Wildman–Crippen MR) is 78.1 cm³/mol. The molecule has 1 saturated carbocycles. The zero-order valence-corrected chi connectivity index (χ0v) is 12.9. The Morgan fingerprint density at radius 3 is 2.86 bits per heavy atom. The molecule has 1 aliphatic carbocycles. The number of hydrogen-bond donors (Lipinski definition) is 0. The summed E-state index contributed by atoms with van der Waals surface area (Å²) in [5.74, 6) is 1.28. The Balaban J connectivity index is 1.70. The van der Waals surface area contributed by atoms with Gasteiger partial charge >= 0.3 is 0 Å². The van der Waals surface area contributed by atoms with Crippen LogP contribution in [0.5, 0.6) is 0 Å². The second-order valence-corrected chi connectivity index (χ2v) is 6.28. The van der Waals surface area contributed by atoms with E-state index in [0.717, 1.165) is 19.3 Å². The summed E-state index contributed by atoms with van der Waals surface area (Å²) < 4.78 is 11.2. The van der Waals surface area contributed by atoms with Crippen molar-refractivity contribution in [2.45, 2.75) is 58.2 Å². The van der Waals surface area contributed by atoms with Crippen molar-refractivity contribution in [1.82, 2.24) is 10.1 Å². The van der Waals surface area contributed by atoms with Crippen molar-refractivity contribution in [1.29, 1.82) is 0 Å². The molecular weight excluding hydrogens is 268 g/mol. The second kappa shape index (κ2) is 6.18. The van der Waals surface area contributed by atoms with Crippen molar-refractivity contribution in [3.8, 4) is 0 Å². The van der Waals surface area contributed by atoms with E-state index in [2.05, 4.69) is 12.1 Å². The molecule has 1 saturated heterocycles. The third kappa shape index (κ3) is 3.28. The molecule has 2 aliphatic rings. The van der Waals surface area contributed by atoms with Crippen molar-refractivity contribution in [2.24, 2.45) is 5.92 Å². The van der Waals surface area contributed by atoms with Crippen LogP contribution in [0.3, 0.4) is 0 Å². The molecule has 1 aromatic heterocycles. The molecule has 21 heavy (non-hydrogen) atoms. The summed E-state index contributed by atoms with van der Waals surface area (Å²) in [6.07, 6.45) is 7.73. The van der Waals surface area contributed by atoms with Crippen LogP contribution in [0.15, 0.2) is 10.7 Å². The van der Waals surface area contributed by atoms with Crippen LogP contribution in [0, 0.1) is 12.8 Å². The van der Waals surface area contributed by atoms with Crippen LogP contribution in [0.1, 0.15) is 55.1 Å². The Bertz CT molecular complexity index is 495. The standard InChI is InChI=1S/C16H24N2O3/c1-3-4-5-13-9-18(10-15(20-13)12-6-7-12)16(19)14-8-17-21-11(14)2/h8,12-13,15H,3-7,9-10H2,1-2H3/t13-,15-/m1/s1. The van der Waals surface area contributed by atoms with E-state index in [1.54, 1.807) is 6.92 Å². The van der Waals surface area contributed by atoms with E-state index in [-0.39, 0.29) is 18.1 Å². The maximum Gasteiger partial charge on any atom is 0.259 e. The van der Waals surface area contributed by atoms with Crippen LogP contribution >= 0.6 is 0 Å². The van der Waals surface area contributed by atoms with Crippen molar-refractivity contribution in [3.05, 3.63) is 17.5 Å². The molecule has 2 heterocycles. The summed E-state index contributed by atoms with van der Waals surface area (Å²) in [7, 11) is 0. The van der Waals surface area contributed by atoms with E-state index in [9.17, 15) is 4.79 Å². The van der Waals surface area contributed by atoms with Gasteiger partial charge in [0.05, 0.1) is 18.4 Å². The Morgan fingerprint density at radius 2 is 2.24 bits per heavy atom. The largest absolute Gasteiger partial charge is 0.371 e. The van der Waals surface area contributed by atoms with Crippen molar-refractivity contribution in [2.75, 3.05) is 13.1 Å². The first-order valence-electron chi connectivity index (χ1n) is 8.05. The summed E-state index contributed by atoms with van der Waals surface area (Å²) >= 11 is 0. The number of hydrogen-bond acceptors (Lipinski definition) is 4. The average Bonchev–Trinajstić information content (AvgIpc) is 3.26. The lowest BCUT2D eigenvalue weighted by molar-refractivity contribution is -0.0874. The fourth-order valence-corrected chi connectivity index (χ4v) is 3.03. The van der Waals surface area contributed by atoms with Gasteiger partial charge < -0.3 is 14.2 Å². The molecule has 0 unspecified atom stereocenters. The first-order valence-corrected chi connectivity index (χ1v) is 8.05. The molecule has 1 aliphatic heterocycles. The lowest BCUT2D eigenvalue weighted by Crippen LogP contribution is -2.50. The molecular formula is C16H24N2O3. The minimum Gasteiger partial charge on any atom is -0.371 e. The molecule has 1 amide bonds. The number of amides is 1. The number of unbranched alkanes of at least 4 members (excludes halogenated alkanes) is 1. The van der Waals surface area contributed by atoms with Crippen LogP contribution in [0.2, 0.25) is 0 Å². The maximum atomic E-state index is 12.7. The van der Waals surface area contributed by atoms with E-state index in [1.165, 1.54) is 19.0 Å². The minimum atomic E-state index is 0.0317. The normalized spacial score (nSPS) is 26.1. The Morgan fingerprint density at radius 1 is 1.43 bits per heavy atom. The average molecular weight is 292 g/mol. The Kier molecular flexibility index (Phi) is 4.29. The van der Waals surface area contributed by atoms with Crippen LogP contribution in [-0.4, -0.2) is 41.3 Å². The smallest absolute Gasteiger partial charge is 0.259 e. The predicted octanol–water partition coefficient (Wildman–Crippen LogP) is 2.79. The highest BCUT2D eigenvalue weighted by Crippen LogP contribution is 2.37. The second-order valence-electron chi connectivity index (χ2n) is 6.28. The first kappa shape index (κ1) is 14.6. The fourth-order valence-electron chi connectivity index (χ4n) is 3.03. The van der Waals surface area contributed by atoms with Gasteiger partial charge in [0.15, 0.2) is 0 Å². The number of aryl methyl sites for hydroxylation is 1. The van der Waals surface area contributed by atoms with Crippen LogP contribution in [-0.2, 0) is 4.74 Å². The van der Waals surface area contributed by atoms with Gasteiger partial charge in [-0.2, -0.15) is 0 Å². The molecule has 2 fully saturated rings. The topological polar surface area (TPSA) is 55.6 Å². The van der Waals surface area contributed by atoms with Gasteiger partial charge in [0.2, 0.25) is 0 Å². The maximum absolute atomic E-state index is 12.7. The molecule has 0 radical (unpaired) electrons. The van der Waals surface area contributed by atoms with Gasteiger partial charge in [0.1, 0.15) is 11.3 Å². The zero-order valence-electron chi connectivity index (χ0n) is 12.9. The van der Waals surface area contributed by atoms with E-state index in [4.69, 9.17) is 9.26 Å². The summed E-state index contributed by atoms with van der Waals surface area (Å²) in [4.78, 5) is 14.6. The third-order valence-corrected chi connectivity index (χ3v) is 4.49. The number of morpholine rings is 1. The molecule has 5 heteroatoms. The first-order chi connectivity index (χ1) is 10.2. The number of nitrogens with zero attached hydrogens (tertiary/aromatic N) is 2. The molecule has 5 nitrogen and oxygen atoms in total. The van der Waals surface area contributed by atoms with Gasteiger partial charge in [0, 0.05) is 13.1 Å². The molecule has 0 N–H and O–H groups in total. The highest BCUT2D eigenvalue weighted by Gasteiger charge is 2.40. The number of aromatic nitrogens is 1. The van der Waals surface area contributed by atoms with Gasteiger partial charge in [-0.3, -0.25) is 4.79 Å². The molecule has 0 aromatic carbocycles. The van der Waals surface area contributed by atoms with Gasteiger partial charge in [-0.05, 0) is 32.1 Å². The molecule has 3 rings (SSSR count). The minimum absolute atomic E-state index is 0.0317. The van der Waals surface area contributed by atoms with Crippen molar-refractivity contribution < 1.29 is 14.1 Å². The van der Waals surface area contributed by atoms with E-state index >= 15 is 0 Å². The molecule has 0 spiro atoms. The van der Waals surface area contributed by atoms with E-state index < -0.39 is 0 Å². The van der Waals surface area contributed by atoms with Gasteiger partial charge in [-0.1, -0.05) is 24.9 Å². The highest BCUT2D eigenvalue weighted by molar-refractivity contribution is 5.94. The van der Waals surface area contributed by atoms with E-state index in [0.29, 0.717) is 30.3 Å². The highest BCUT2D eigenvalue weighted by atomic mass is 16.5. The molecule has 116 valence electrons. The van der Waals surface area contributed by atoms with Crippen LogP contribution < -0.4 is 0 Å². The Labute approximate surface area is 125 Å². The van der Waals surface area contributed by atoms with E-state index in [1.807, 2.05) is 4.90 Å². The van der Waals surface area contributed by atoms with Crippen LogP contribution in [0.25, 0.3) is 0 Å². The van der Waals surface area contributed by atoms with Crippen LogP contribution in [0.4, 0.5) is 0 Å². The number of rotatable bonds is 5. The number of ether oxygens (including phenoxy) is 1. The third-order valence-electron chi connectivity index (χ3n) is 4.49. The SMILES string of the molecule is CCCC[C@@H]1CN(C(=O)c2cnoc2C)C[C@H](C2CC2)O1. The summed E-state index contributed by atoms with van der Waals surface area (Å²) in [5, 5.41) is 3.72. The lowest BCUT2D eigenvalue weighted by atomic mass is 10.1. The summed E-state index contributed by atoms with van der Waals surface area (Å²) in [6, 6.07) is 0. The summed E-state index contributed by atoms with van der Waals surface area (Å²) in [6.45, 7) is 5.36. The molecule has 0 bridgehead atoms. The Hall–Kier alpha value is -1.36. The number of carbonyl (C=O) groups is 1.